The van der Waals surface area contributed by atoms with Gasteiger partial charge in [-0.3, -0.25) is 9.78 Å². The zero-order valence-electron chi connectivity index (χ0n) is 15.2. The number of carbonyl (C=O) groups excluding carboxylic acids is 1. The largest absolute Gasteiger partial charge is 0.485 e. The van der Waals surface area contributed by atoms with Crippen molar-refractivity contribution in [3.8, 4) is 16.2 Å². The van der Waals surface area contributed by atoms with Crippen LogP contribution in [0.5, 0.6) is 5.75 Å². The number of nitrogens with zero attached hydrogens (tertiary/aromatic N) is 2. The maximum Gasteiger partial charge on any atom is 0.267 e. The summed E-state index contributed by atoms with van der Waals surface area (Å²) in [6.45, 7) is 0.358. The van der Waals surface area contributed by atoms with E-state index in [1.54, 1.807) is 36.8 Å². The van der Waals surface area contributed by atoms with Crippen LogP contribution in [0.1, 0.15) is 15.2 Å². The summed E-state index contributed by atoms with van der Waals surface area (Å²) in [4.78, 5) is 22.5. The molecule has 0 saturated carbocycles. The van der Waals surface area contributed by atoms with E-state index in [2.05, 4.69) is 15.3 Å². The van der Waals surface area contributed by atoms with Crippen LogP contribution in [-0.2, 0) is 6.61 Å². The summed E-state index contributed by atoms with van der Waals surface area (Å²) in [6.07, 6.45) is 5.03. The van der Waals surface area contributed by atoms with E-state index >= 15 is 0 Å². The predicted octanol–water partition coefficient (Wildman–Crippen LogP) is 5.69. The van der Waals surface area contributed by atoms with Crippen molar-refractivity contribution in [3.63, 3.8) is 0 Å². The molecule has 0 fully saturated rings. The van der Waals surface area contributed by atoms with Crippen LogP contribution in [0.25, 0.3) is 10.4 Å². The van der Waals surface area contributed by atoms with Gasteiger partial charge in [-0.15, -0.1) is 11.3 Å². The molecule has 7 heteroatoms. The molecule has 144 valence electrons. The highest BCUT2D eigenvalue weighted by Gasteiger charge is 2.14. The van der Waals surface area contributed by atoms with Gasteiger partial charge in [0.25, 0.3) is 5.91 Å². The smallest absolute Gasteiger partial charge is 0.267 e. The third-order valence-corrected chi connectivity index (χ3v) is 5.49. The highest BCUT2D eigenvalue weighted by atomic mass is 35.5. The molecule has 1 amide bonds. The Hall–Kier alpha value is -3.22. The highest BCUT2D eigenvalue weighted by Crippen LogP contribution is 2.30. The average molecular weight is 422 g/mol. The summed E-state index contributed by atoms with van der Waals surface area (Å²) in [5.41, 5.74) is 1.99. The normalized spacial score (nSPS) is 10.5. The molecule has 4 rings (SSSR count). The number of ether oxygens (including phenoxy) is 1. The van der Waals surface area contributed by atoms with Gasteiger partial charge < -0.3 is 10.1 Å². The number of nitrogens with one attached hydrogen (secondary N) is 1. The first kappa shape index (κ1) is 19.1. The van der Waals surface area contributed by atoms with Gasteiger partial charge in [-0.1, -0.05) is 23.7 Å². The number of anilines is 1. The molecule has 0 spiro atoms. The lowest BCUT2D eigenvalue weighted by atomic mass is 10.2. The predicted molar refractivity (Wildman–Crippen MR) is 116 cm³/mol. The Kier molecular flexibility index (Phi) is 5.84. The van der Waals surface area contributed by atoms with Crippen LogP contribution in [0.2, 0.25) is 5.02 Å². The van der Waals surface area contributed by atoms with Crippen LogP contribution in [0.15, 0.2) is 79.3 Å². The number of hydrogen-bond donors (Lipinski definition) is 1. The summed E-state index contributed by atoms with van der Waals surface area (Å²) in [7, 11) is 0. The van der Waals surface area contributed by atoms with Gasteiger partial charge in [-0.05, 0) is 59.7 Å². The van der Waals surface area contributed by atoms with Gasteiger partial charge in [-0.25, -0.2) is 4.98 Å². The summed E-state index contributed by atoms with van der Waals surface area (Å²) < 4.78 is 5.83. The molecule has 0 unspecified atom stereocenters. The van der Waals surface area contributed by atoms with Crippen molar-refractivity contribution in [2.75, 3.05) is 5.32 Å². The van der Waals surface area contributed by atoms with E-state index in [0.29, 0.717) is 28.1 Å². The van der Waals surface area contributed by atoms with Crippen LogP contribution >= 0.6 is 22.9 Å². The van der Waals surface area contributed by atoms with Crippen molar-refractivity contribution >= 4 is 34.7 Å². The minimum absolute atomic E-state index is 0.234. The van der Waals surface area contributed by atoms with Gasteiger partial charge in [-0.2, -0.15) is 0 Å². The van der Waals surface area contributed by atoms with Crippen LogP contribution in [0.4, 0.5) is 5.82 Å². The Morgan fingerprint density at radius 1 is 1.00 bits per heavy atom. The summed E-state index contributed by atoms with van der Waals surface area (Å²) in [5.74, 6) is 0.655. The SMILES string of the molecule is O=C(Nc1ncccc1OCc1ccncc1)c1ccc(-c2ccc(Cl)cc2)s1. The van der Waals surface area contributed by atoms with E-state index in [0.717, 1.165) is 16.0 Å². The van der Waals surface area contributed by atoms with E-state index in [4.69, 9.17) is 16.3 Å². The van der Waals surface area contributed by atoms with Crippen molar-refractivity contribution in [2.24, 2.45) is 0 Å². The van der Waals surface area contributed by atoms with E-state index < -0.39 is 0 Å². The van der Waals surface area contributed by atoms with Crippen molar-refractivity contribution in [3.05, 3.63) is 94.7 Å². The Morgan fingerprint density at radius 3 is 2.59 bits per heavy atom. The average Bonchev–Trinajstić information content (AvgIpc) is 3.25. The van der Waals surface area contributed by atoms with Gasteiger partial charge in [0.1, 0.15) is 6.61 Å². The first-order valence-electron chi connectivity index (χ1n) is 8.83. The van der Waals surface area contributed by atoms with Crippen LogP contribution in [0, 0.1) is 0 Å². The molecule has 0 aliphatic rings. The highest BCUT2D eigenvalue weighted by molar-refractivity contribution is 7.17. The minimum Gasteiger partial charge on any atom is -0.485 e. The molecule has 0 aliphatic carbocycles. The van der Waals surface area contributed by atoms with Gasteiger partial charge in [0.15, 0.2) is 11.6 Å². The molecule has 0 atom stereocenters. The lowest BCUT2D eigenvalue weighted by Gasteiger charge is -2.11. The minimum atomic E-state index is -0.234. The molecule has 1 aromatic carbocycles. The molecule has 0 radical (unpaired) electrons. The van der Waals surface area contributed by atoms with Crippen molar-refractivity contribution in [1.82, 2.24) is 9.97 Å². The third kappa shape index (κ3) is 4.80. The molecular formula is C22H16ClN3O2S. The second-order valence-electron chi connectivity index (χ2n) is 6.12. The van der Waals surface area contributed by atoms with Crippen LogP contribution < -0.4 is 10.1 Å². The number of pyridine rings is 2. The van der Waals surface area contributed by atoms with Gasteiger partial charge in [0.05, 0.1) is 4.88 Å². The molecular weight excluding hydrogens is 406 g/mol. The Balaban J connectivity index is 1.47. The molecule has 3 heterocycles. The second kappa shape index (κ2) is 8.86. The fourth-order valence-corrected chi connectivity index (χ4v) is 3.67. The van der Waals surface area contributed by atoms with Gasteiger partial charge in [0.2, 0.25) is 0 Å². The number of thiophene rings is 1. The first-order chi connectivity index (χ1) is 14.2. The van der Waals surface area contributed by atoms with E-state index in [-0.39, 0.29) is 5.91 Å². The summed E-state index contributed by atoms with van der Waals surface area (Å²) >= 11 is 7.35. The van der Waals surface area contributed by atoms with Crippen molar-refractivity contribution in [2.45, 2.75) is 6.61 Å². The second-order valence-corrected chi connectivity index (χ2v) is 7.64. The Labute approximate surface area is 177 Å². The number of halogens is 1. The van der Waals surface area contributed by atoms with Crippen molar-refractivity contribution in [1.29, 1.82) is 0 Å². The van der Waals surface area contributed by atoms with Crippen LogP contribution in [0.3, 0.4) is 0 Å². The van der Waals surface area contributed by atoms with Gasteiger partial charge >= 0.3 is 0 Å². The molecule has 5 nitrogen and oxygen atoms in total. The topological polar surface area (TPSA) is 64.1 Å². The number of rotatable bonds is 6. The fraction of sp³-hybridized carbons (Fsp3) is 0.0455. The van der Waals surface area contributed by atoms with Crippen molar-refractivity contribution < 1.29 is 9.53 Å². The number of amides is 1. The fourth-order valence-electron chi connectivity index (χ4n) is 2.64. The monoisotopic (exact) mass is 421 g/mol. The Bertz CT molecular complexity index is 1110. The molecule has 29 heavy (non-hydrogen) atoms. The number of aromatic nitrogens is 2. The lowest BCUT2D eigenvalue weighted by molar-refractivity contribution is 0.102. The number of carbonyl (C=O) groups is 1. The standard InChI is InChI=1S/C22H16ClN3O2S/c23-17-5-3-16(4-6-17)19-7-8-20(29-19)22(27)26-21-18(2-1-11-25-21)28-14-15-9-12-24-13-10-15/h1-13H,14H2,(H,25,26,27). The molecule has 3 aromatic heterocycles. The quantitative estimate of drug-likeness (QED) is 0.434. The first-order valence-corrected chi connectivity index (χ1v) is 10.0. The van der Waals surface area contributed by atoms with Gasteiger partial charge in [0, 0.05) is 28.5 Å². The third-order valence-electron chi connectivity index (χ3n) is 4.10. The molecule has 4 aromatic rings. The molecule has 0 aliphatic heterocycles. The summed E-state index contributed by atoms with van der Waals surface area (Å²) in [6, 6.07) is 18.5. The number of benzene rings is 1. The summed E-state index contributed by atoms with van der Waals surface area (Å²) in [5, 5.41) is 3.52. The zero-order chi connectivity index (χ0) is 20.1. The lowest BCUT2D eigenvalue weighted by Crippen LogP contribution is -2.12. The molecule has 1 N–H and O–H groups in total. The van der Waals surface area contributed by atoms with Crippen LogP contribution in [-0.4, -0.2) is 15.9 Å². The Morgan fingerprint density at radius 2 is 1.79 bits per heavy atom. The maximum absolute atomic E-state index is 12.7. The maximum atomic E-state index is 12.7. The molecule has 0 saturated heterocycles. The number of hydrogen-bond acceptors (Lipinski definition) is 5. The molecule has 0 bridgehead atoms. The zero-order valence-corrected chi connectivity index (χ0v) is 16.8. The van der Waals surface area contributed by atoms with E-state index in [1.807, 2.05) is 42.5 Å². The van der Waals surface area contributed by atoms with E-state index in [9.17, 15) is 4.79 Å². The van der Waals surface area contributed by atoms with E-state index in [1.165, 1.54) is 11.3 Å².